The molecule has 0 aromatic carbocycles. The molecule has 3 heterocycles. The number of ether oxygens (including phenoxy) is 1. The Bertz CT molecular complexity index is 701. The Morgan fingerprint density at radius 1 is 1.50 bits per heavy atom. The Hall–Kier alpha value is -2.03. The minimum Gasteiger partial charge on any atom is -0.394 e. The molecule has 2 aromatic heterocycles. The molecule has 8 nitrogen and oxygen atoms in total. The maximum Gasteiger partial charge on any atom is 0.194 e. The van der Waals surface area contributed by atoms with Gasteiger partial charge in [-0.15, -0.1) is 0 Å². The van der Waals surface area contributed by atoms with Gasteiger partial charge >= 0.3 is 0 Å². The molecule has 3 atom stereocenters. The van der Waals surface area contributed by atoms with E-state index in [1.54, 1.807) is 0 Å². The van der Waals surface area contributed by atoms with Crippen molar-refractivity contribution >= 4 is 16.9 Å². The highest BCUT2D eigenvalue weighted by atomic mass is 16.5. The van der Waals surface area contributed by atoms with Crippen LogP contribution in [0.15, 0.2) is 23.4 Å². The Balaban J connectivity index is 2.16. The summed E-state index contributed by atoms with van der Waals surface area (Å²) in [4.78, 5) is 19.7. The van der Waals surface area contributed by atoms with Crippen LogP contribution in [0.1, 0.15) is 12.6 Å². The van der Waals surface area contributed by atoms with Gasteiger partial charge in [0.25, 0.3) is 0 Å². The number of hydrogen-bond acceptors (Lipinski definition) is 7. The normalized spacial score (nSPS) is 26.2. The number of nitrogens with zero attached hydrogens (tertiary/aromatic N) is 3. The molecule has 0 spiro atoms. The van der Waals surface area contributed by atoms with Crippen LogP contribution in [0.5, 0.6) is 0 Å². The maximum absolute atomic E-state index is 11.9. The predicted molar refractivity (Wildman–Crippen MR) is 69.8 cm³/mol. The minimum absolute atomic E-state index is 0.0838. The molecule has 0 radical (unpaired) electrons. The number of nitrogens with two attached hydrogens (primary N) is 1. The summed E-state index contributed by atoms with van der Waals surface area (Å²) in [6.07, 6.45) is 1.10. The second kappa shape index (κ2) is 4.82. The molecule has 0 bridgehead atoms. The van der Waals surface area contributed by atoms with Crippen molar-refractivity contribution in [1.82, 2.24) is 14.5 Å². The van der Waals surface area contributed by atoms with E-state index in [4.69, 9.17) is 15.6 Å². The molecule has 3 rings (SSSR count). The first kappa shape index (κ1) is 13.0. The van der Waals surface area contributed by atoms with E-state index in [1.807, 2.05) is 0 Å². The highest BCUT2D eigenvalue weighted by Gasteiger charge is 2.35. The molecule has 8 heteroatoms. The van der Waals surface area contributed by atoms with Gasteiger partial charge in [-0.05, 0) is 0 Å². The molecule has 2 aromatic rings. The molecule has 4 N–H and O–H groups in total. The summed E-state index contributed by atoms with van der Waals surface area (Å²) in [5, 5.41) is 19.3. The number of aliphatic hydroxyl groups is 2. The second-order valence-corrected chi connectivity index (χ2v) is 4.68. The highest BCUT2D eigenvalue weighted by molar-refractivity contribution is 5.84. The third kappa shape index (κ3) is 1.94. The van der Waals surface area contributed by atoms with Crippen molar-refractivity contribution in [2.24, 2.45) is 0 Å². The van der Waals surface area contributed by atoms with Crippen LogP contribution >= 0.6 is 0 Å². The predicted octanol–water partition coefficient (Wildman–Crippen LogP) is -0.986. The van der Waals surface area contributed by atoms with E-state index in [2.05, 4.69) is 9.97 Å². The van der Waals surface area contributed by atoms with Gasteiger partial charge in [-0.3, -0.25) is 4.79 Å². The zero-order chi connectivity index (χ0) is 14.3. The van der Waals surface area contributed by atoms with Crippen molar-refractivity contribution in [3.05, 3.63) is 28.8 Å². The largest absolute Gasteiger partial charge is 0.394 e. The summed E-state index contributed by atoms with van der Waals surface area (Å²) in [5.74, 6) is 0.0838. The Kier molecular flexibility index (Phi) is 3.13. The number of aliphatic hydroxyl groups excluding tert-OH is 2. The van der Waals surface area contributed by atoms with Crippen molar-refractivity contribution in [2.45, 2.75) is 24.9 Å². The van der Waals surface area contributed by atoms with Gasteiger partial charge in [-0.25, -0.2) is 9.97 Å². The zero-order valence-corrected chi connectivity index (χ0v) is 10.5. The highest BCUT2D eigenvalue weighted by Crippen LogP contribution is 2.30. The summed E-state index contributed by atoms with van der Waals surface area (Å²) >= 11 is 0. The van der Waals surface area contributed by atoms with E-state index >= 15 is 0 Å². The van der Waals surface area contributed by atoms with E-state index < -0.39 is 18.4 Å². The summed E-state index contributed by atoms with van der Waals surface area (Å²) in [6.45, 7) is -0.178. The van der Waals surface area contributed by atoms with Crippen LogP contribution in [-0.2, 0) is 4.74 Å². The molecule has 1 aliphatic heterocycles. The molecule has 0 unspecified atom stereocenters. The lowest BCUT2D eigenvalue weighted by molar-refractivity contribution is -0.0487. The number of pyridine rings is 1. The number of nitrogen functional groups attached to an aromatic ring is 1. The topological polar surface area (TPSA) is 123 Å². The van der Waals surface area contributed by atoms with Crippen LogP contribution in [-0.4, -0.2) is 43.6 Å². The Morgan fingerprint density at radius 2 is 2.30 bits per heavy atom. The SMILES string of the molecule is Nc1ncnc2c1c(=O)ccn2[C@@H]1O[C@H](CO)C[C@H]1O. The average molecular weight is 278 g/mol. The number of rotatable bonds is 2. The fraction of sp³-hybridized carbons (Fsp3) is 0.417. The number of anilines is 1. The van der Waals surface area contributed by atoms with E-state index in [-0.39, 0.29) is 23.2 Å². The summed E-state index contributed by atoms with van der Waals surface area (Å²) in [5.41, 5.74) is 5.71. The standard InChI is InChI=1S/C12H14N4O4/c13-10-9-7(18)1-2-16(11(9)15-5-14-10)12-8(19)3-6(4-17)20-12/h1-2,5-6,8,12,17,19H,3-4H2,(H2,13,14,15)/t6-,8+,12+/m0/s1. The molecule has 20 heavy (non-hydrogen) atoms. The molecule has 0 amide bonds. The van der Waals surface area contributed by atoms with Gasteiger partial charge < -0.3 is 25.3 Å². The summed E-state index contributed by atoms with van der Waals surface area (Å²) in [6, 6.07) is 1.32. The van der Waals surface area contributed by atoms with Gasteiger partial charge in [0.2, 0.25) is 0 Å². The third-order valence-corrected chi connectivity index (χ3v) is 3.38. The first-order chi connectivity index (χ1) is 9.61. The molecule has 106 valence electrons. The van der Waals surface area contributed by atoms with Crippen LogP contribution in [0, 0.1) is 0 Å². The number of fused-ring (bicyclic) bond motifs is 1. The Morgan fingerprint density at radius 3 is 3.00 bits per heavy atom. The summed E-state index contributed by atoms with van der Waals surface area (Å²) < 4.78 is 7.09. The lowest BCUT2D eigenvalue weighted by Gasteiger charge is -2.20. The van der Waals surface area contributed by atoms with Crippen molar-refractivity contribution in [2.75, 3.05) is 12.3 Å². The Labute approximate surface area is 113 Å². The number of aromatic nitrogens is 3. The van der Waals surface area contributed by atoms with Gasteiger partial charge in [0.15, 0.2) is 17.3 Å². The molecule has 0 aliphatic carbocycles. The van der Waals surface area contributed by atoms with E-state index in [1.165, 1.54) is 23.2 Å². The minimum atomic E-state index is -0.797. The van der Waals surface area contributed by atoms with E-state index in [0.717, 1.165) is 0 Å². The molecule has 0 saturated carbocycles. The van der Waals surface area contributed by atoms with Crippen LogP contribution in [0.25, 0.3) is 11.0 Å². The first-order valence-corrected chi connectivity index (χ1v) is 6.17. The van der Waals surface area contributed by atoms with E-state index in [9.17, 15) is 9.90 Å². The fourth-order valence-corrected chi connectivity index (χ4v) is 2.43. The molecule has 1 fully saturated rings. The van der Waals surface area contributed by atoms with Crippen molar-refractivity contribution in [3.8, 4) is 0 Å². The molecule has 1 aliphatic rings. The summed E-state index contributed by atoms with van der Waals surface area (Å²) in [7, 11) is 0. The van der Waals surface area contributed by atoms with Crippen LogP contribution in [0.2, 0.25) is 0 Å². The van der Waals surface area contributed by atoms with Crippen LogP contribution in [0.4, 0.5) is 5.82 Å². The first-order valence-electron chi connectivity index (χ1n) is 6.17. The monoisotopic (exact) mass is 278 g/mol. The second-order valence-electron chi connectivity index (χ2n) is 4.68. The third-order valence-electron chi connectivity index (χ3n) is 3.38. The van der Waals surface area contributed by atoms with Gasteiger partial charge in [-0.2, -0.15) is 0 Å². The van der Waals surface area contributed by atoms with Gasteiger partial charge in [0.1, 0.15) is 23.6 Å². The van der Waals surface area contributed by atoms with Gasteiger partial charge in [0, 0.05) is 18.7 Å². The smallest absolute Gasteiger partial charge is 0.194 e. The molecular weight excluding hydrogens is 264 g/mol. The maximum atomic E-state index is 11.9. The van der Waals surface area contributed by atoms with E-state index in [0.29, 0.717) is 12.1 Å². The van der Waals surface area contributed by atoms with Crippen molar-refractivity contribution in [1.29, 1.82) is 0 Å². The van der Waals surface area contributed by atoms with Crippen LogP contribution in [0.3, 0.4) is 0 Å². The van der Waals surface area contributed by atoms with Crippen LogP contribution < -0.4 is 11.2 Å². The average Bonchev–Trinajstić information content (AvgIpc) is 2.80. The zero-order valence-electron chi connectivity index (χ0n) is 10.5. The van der Waals surface area contributed by atoms with Crippen molar-refractivity contribution in [3.63, 3.8) is 0 Å². The lowest BCUT2D eigenvalue weighted by Crippen LogP contribution is -2.23. The molecule has 1 saturated heterocycles. The molecular formula is C12H14N4O4. The van der Waals surface area contributed by atoms with Gasteiger partial charge in [0.05, 0.1) is 12.7 Å². The van der Waals surface area contributed by atoms with Gasteiger partial charge in [-0.1, -0.05) is 0 Å². The van der Waals surface area contributed by atoms with Crippen molar-refractivity contribution < 1.29 is 14.9 Å². The fourth-order valence-electron chi connectivity index (χ4n) is 2.43. The lowest BCUT2D eigenvalue weighted by atomic mass is 10.2. The number of hydrogen-bond donors (Lipinski definition) is 3. The quantitative estimate of drug-likeness (QED) is 0.644.